The van der Waals surface area contributed by atoms with Crippen molar-refractivity contribution in [3.8, 4) is 0 Å². The highest BCUT2D eigenvalue weighted by molar-refractivity contribution is 6.09. The van der Waals surface area contributed by atoms with Crippen LogP contribution in [0.4, 0.5) is 0 Å². The van der Waals surface area contributed by atoms with Crippen LogP contribution in [0.2, 0.25) is 0 Å². The quantitative estimate of drug-likeness (QED) is 0.122. The fourth-order valence-electron chi connectivity index (χ4n) is 10.6. The SMILES string of the molecule is COC1CC2CCC(C)C(=O)C(O)(O2)C(=O)N2CCCCC2C(=O)OC(C(C)CC2CCC(OCCO)C(OC)C2)CC(=O)C(C)/C=C(\C)C(O)C(CO)C(=O)C(C)CC(C)/C=C/C=C/C=C/1C. The summed E-state index contributed by atoms with van der Waals surface area (Å²) < 4.78 is 30.1. The van der Waals surface area contributed by atoms with Gasteiger partial charge in [-0.15, -0.1) is 0 Å². The summed E-state index contributed by atoms with van der Waals surface area (Å²) in [6.07, 6.45) is 12.3. The average molecular weight is 958 g/mol. The second-order valence-electron chi connectivity index (χ2n) is 20.3. The molecule has 0 spiro atoms. The van der Waals surface area contributed by atoms with E-state index in [4.69, 9.17) is 23.7 Å². The van der Waals surface area contributed by atoms with Crippen LogP contribution in [0.1, 0.15) is 126 Å². The third-order valence-electron chi connectivity index (χ3n) is 14.9. The predicted octanol–water partition coefficient (Wildman–Crippen LogP) is 5.79. The van der Waals surface area contributed by atoms with Crippen molar-refractivity contribution in [2.24, 2.45) is 41.4 Å². The van der Waals surface area contributed by atoms with E-state index >= 15 is 0 Å². The number of ether oxygens (including phenoxy) is 5. The Bertz CT molecular complexity index is 1810. The van der Waals surface area contributed by atoms with E-state index in [0.717, 1.165) is 12.0 Å². The first kappa shape index (κ1) is 57.2. The van der Waals surface area contributed by atoms with Crippen molar-refractivity contribution in [1.29, 1.82) is 0 Å². The Balaban J connectivity index is 1.73. The van der Waals surface area contributed by atoms with Crippen LogP contribution in [-0.2, 0) is 47.7 Å². The Morgan fingerprint density at radius 3 is 2.26 bits per heavy atom. The molecule has 2 bridgehead atoms. The zero-order chi connectivity index (χ0) is 50.3. The third-order valence-corrected chi connectivity index (χ3v) is 14.9. The molecule has 1 saturated carbocycles. The number of methoxy groups -OCH3 is 2. The molecule has 4 N–H and O–H groups in total. The summed E-state index contributed by atoms with van der Waals surface area (Å²) in [5.74, 6) is -9.32. The molecule has 3 aliphatic heterocycles. The number of carbonyl (C=O) groups is 5. The molecular weight excluding hydrogens is 875 g/mol. The number of rotatable bonds is 9. The standard InChI is InChI=1S/C53H83NO14/c1-32-15-11-10-12-16-33(2)45(64-8)29-40-20-18-34(3)50(60)53(63,68-40)52(62)54-22-14-13-17-42(54)51(61)67-46(36(5)27-39-19-21-44(66-24-23-55)47(28-39)65-9)30-43(57)35(4)26-38(7)49(59)41(31-56)48(58)37(6)25-32/h10-12,15-16,26,32,34-37,39-42,44-47,49,55-56,59,63H,13-14,17-25,27-31H2,1-9H3/b12-10+,15-11+,33-16+,38-26+. The number of hydrogen-bond acceptors (Lipinski definition) is 14. The van der Waals surface area contributed by atoms with E-state index in [9.17, 15) is 44.4 Å². The number of amides is 1. The van der Waals surface area contributed by atoms with Crippen LogP contribution < -0.4 is 0 Å². The number of hydrogen-bond donors (Lipinski definition) is 4. The Morgan fingerprint density at radius 2 is 1.59 bits per heavy atom. The zero-order valence-electron chi connectivity index (χ0n) is 42.2. The maximum atomic E-state index is 14.7. The van der Waals surface area contributed by atoms with E-state index in [1.807, 2.05) is 51.2 Å². The molecule has 4 aliphatic rings. The number of carbonyl (C=O) groups excluding carboxylic acids is 5. The fourth-order valence-corrected chi connectivity index (χ4v) is 10.6. The van der Waals surface area contributed by atoms with Crippen LogP contribution in [0.25, 0.3) is 0 Å². The van der Waals surface area contributed by atoms with Crippen LogP contribution in [0.5, 0.6) is 0 Å². The monoisotopic (exact) mass is 958 g/mol. The van der Waals surface area contributed by atoms with Crippen molar-refractivity contribution < 1.29 is 68.1 Å². The molecule has 0 radical (unpaired) electrons. The highest BCUT2D eigenvalue weighted by Crippen LogP contribution is 2.37. The minimum Gasteiger partial charge on any atom is -0.460 e. The number of ketones is 3. The Morgan fingerprint density at radius 1 is 0.853 bits per heavy atom. The van der Waals surface area contributed by atoms with Gasteiger partial charge in [0.2, 0.25) is 5.78 Å². The zero-order valence-corrected chi connectivity index (χ0v) is 42.2. The number of aliphatic hydroxyl groups excluding tert-OH is 3. The first-order valence-corrected chi connectivity index (χ1v) is 25.1. The minimum absolute atomic E-state index is 0.0149. The number of aliphatic hydroxyl groups is 4. The second kappa shape index (κ2) is 27.3. The van der Waals surface area contributed by atoms with Crippen LogP contribution in [0.3, 0.4) is 0 Å². The molecule has 4 rings (SSSR count). The summed E-state index contributed by atoms with van der Waals surface area (Å²) in [7, 11) is 3.18. The highest BCUT2D eigenvalue weighted by atomic mass is 16.6. The summed E-state index contributed by atoms with van der Waals surface area (Å²) in [4.78, 5) is 72.4. The summed E-state index contributed by atoms with van der Waals surface area (Å²) >= 11 is 0. The van der Waals surface area contributed by atoms with Crippen LogP contribution in [0, 0.1) is 41.4 Å². The fraction of sp³-hybridized carbons (Fsp3) is 0.755. The molecule has 3 fully saturated rings. The molecule has 384 valence electrons. The average Bonchev–Trinajstić information content (AvgIpc) is 3.43. The molecule has 15 heteroatoms. The van der Waals surface area contributed by atoms with E-state index in [0.29, 0.717) is 56.9 Å². The van der Waals surface area contributed by atoms with Gasteiger partial charge in [0.25, 0.3) is 5.91 Å². The molecule has 0 aromatic heterocycles. The molecule has 1 amide bonds. The van der Waals surface area contributed by atoms with E-state index < -0.39 is 84.2 Å². The van der Waals surface area contributed by atoms with Gasteiger partial charge >= 0.3 is 11.8 Å². The maximum absolute atomic E-state index is 14.7. The number of nitrogens with zero attached hydrogens (tertiary/aromatic N) is 1. The first-order chi connectivity index (χ1) is 32.3. The number of fused-ring (bicyclic) bond motifs is 3. The summed E-state index contributed by atoms with van der Waals surface area (Å²) in [5.41, 5.74) is 1.19. The lowest BCUT2D eigenvalue weighted by Crippen LogP contribution is -2.62. The van der Waals surface area contributed by atoms with E-state index in [2.05, 4.69) is 0 Å². The Hall–Kier alpha value is -3.41. The molecule has 3 heterocycles. The summed E-state index contributed by atoms with van der Waals surface area (Å²) in [5, 5.41) is 43.4. The third kappa shape index (κ3) is 15.3. The van der Waals surface area contributed by atoms with Gasteiger partial charge in [-0.3, -0.25) is 19.2 Å². The van der Waals surface area contributed by atoms with Crippen molar-refractivity contribution in [2.45, 2.75) is 174 Å². The van der Waals surface area contributed by atoms with Crippen molar-refractivity contribution in [3.05, 3.63) is 47.6 Å². The van der Waals surface area contributed by atoms with Gasteiger partial charge in [0, 0.05) is 51.4 Å². The smallest absolute Gasteiger partial charge is 0.329 e. The van der Waals surface area contributed by atoms with Crippen molar-refractivity contribution in [1.82, 2.24) is 4.90 Å². The van der Waals surface area contributed by atoms with E-state index in [-0.39, 0.29) is 80.5 Å². The summed E-state index contributed by atoms with van der Waals surface area (Å²) in [6, 6.07) is -1.17. The Labute approximate surface area is 404 Å². The largest absolute Gasteiger partial charge is 0.460 e. The molecule has 15 atom stereocenters. The van der Waals surface area contributed by atoms with E-state index in [1.165, 1.54) is 4.90 Å². The van der Waals surface area contributed by atoms with Gasteiger partial charge in [0.1, 0.15) is 23.7 Å². The summed E-state index contributed by atoms with van der Waals surface area (Å²) in [6.45, 7) is 12.1. The molecule has 0 aromatic rings. The van der Waals surface area contributed by atoms with Crippen LogP contribution in [0.15, 0.2) is 47.6 Å². The Kier molecular flexibility index (Phi) is 22.9. The molecule has 0 aromatic carbocycles. The van der Waals surface area contributed by atoms with Gasteiger partial charge in [-0.1, -0.05) is 71.1 Å². The van der Waals surface area contributed by atoms with Gasteiger partial charge in [-0.05, 0) is 107 Å². The second-order valence-corrected chi connectivity index (χ2v) is 20.3. The molecule has 15 unspecified atom stereocenters. The van der Waals surface area contributed by atoms with Crippen LogP contribution in [-0.4, -0.2) is 144 Å². The molecule has 15 nitrogen and oxygen atoms in total. The van der Waals surface area contributed by atoms with Gasteiger partial charge in [-0.25, -0.2) is 4.79 Å². The highest BCUT2D eigenvalue weighted by Gasteiger charge is 2.55. The van der Waals surface area contributed by atoms with Crippen molar-refractivity contribution >= 4 is 29.2 Å². The normalized spacial score (nSPS) is 39.2. The van der Waals surface area contributed by atoms with E-state index in [1.54, 1.807) is 48.0 Å². The van der Waals surface area contributed by atoms with Gasteiger partial charge in [0.15, 0.2) is 0 Å². The number of esters is 1. The lowest BCUT2D eigenvalue weighted by molar-refractivity contribution is -0.231. The van der Waals surface area contributed by atoms with Gasteiger partial charge in [-0.2, -0.15) is 0 Å². The molecule has 68 heavy (non-hydrogen) atoms. The topological polar surface area (TPSA) is 216 Å². The lowest BCUT2D eigenvalue weighted by Gasteiger charge is -2.40. The number of allylic oxidation sites excluding steroid dienone is 6. The lowest BCUT2D eigenvalue weighted by atomic mass is 9.78. The van der Waals surface area contributed by atoms with Crippen molar-refractivity contribution in [2.75, 3.05) is 40.6 Å². The number of Topliss-reactive ketones (excluding diaryl/α,β-unsaturated/α-hetero) is 3. The predicted molar refractivity (Wildman–Crippen MR) is 256 cm³/mol. The van der Waals surface area contributed by atoms with Crippen LogP contribution >= 0.6 is 0 Å². The van der Waals surface area contributed by atoms with Gasteiger partial charge in [0.05, 0.1) is 56.3 Å². The number of piperidine rings is 1. The maximum Gasteiger partial charge on any atom is 0.329 e. The molecule has 1 aliphatic carbocycles. The van der Waals surface area contributed by atoms with Crippen molar-refractivity contribution in [3.63, 3.8) is 0 Å². The van der Waals surface area contributed by atoms with Gasteiger partial charge < -0.3 is 49.0 Å². The molecule has 2 saturated heterocycles. The minimum atomic E-state index is -2.86. The molecular formula is C53H83NO14. The first-order valence-electron chi connectivity index (χ1n) is 25.1. The number of cyclic esters (lactones) is 1.